The molecule has 0 saturated carbocycles. The molecule has 1 aromatic rings. The molecule has 2 aliphatic rings. The predicted octanol–water partition coefficient (Wildman–Crippen LogP) is 2.42. The van der Waals surface area contributed by atoms with Crippen molar-refractivity contribution in [3.05, 3.63) is 29.3 Å². The Morgan fingerprint density at radius 2 is 2.18 bits per heavy atom. The van der Waals surface area contributed by atoms with Gasteiger partial charge in [-0.25, -0.2) is 0 Å². The van der Waals surface area contributed by atoms with Crippen molar-refractivity contribution in [2.45, 2.75) is 39.2 Å². The van der Waals surface area contributed by atoms with E-state index in [4.69, 9.17) is 4.74 Å². The van der Waals surface area contributed by atoms with Gasteiger partial charge in [-0.05, 0) is 62.3 Å². The van der Waals surface area contributed by atoms with Crippen molar-refractivity contribution in [3.63, 3.8) is 0 Å². The van der Waals surface area contributed by atoms with Crippen molar-refractivity contribution >= 4 is 11.6 Å². The number of carbonyl (C=O) groups excluding carboxylic acids is 1. The molecule has 4 heteroatoms. The largest absolute Gasteiger partial charge is 0.371 e. The summed E-state index contributed by atoms with van der Waals surface area (Å²) < 4.78 is 5.42. The van der Waals surface area contributed by atoms with Gasteiger partial charge in [0.05, 0.1) is 0 Å². The number of amides is 1. The molecule has 2 atom stereocenters. The summed E-state index contributed by atoms with van der Waals surface area (Å²) in [7, 11) is 0. The molecule has 2 aliphatic heterocycles. The number of anilines is 1. The van der Waals surface area contributed by atoms with Gasteiger partial charge >= 0.3 is 0 Å². The van der Waals surface area contributed by atoms with Crippen LogP contribution in [0.4, 0.5) is 5.69 Å². The SMILES string of the molecule is Cc1ccc(N2CCC(CNC(=O)C3CCCO3)C2)cc1C. The summed E-state index contributed by atoms with van der Waals surface area (Å²) in [5, 5.41) is 3.07. The second-order valence-electron chi connectivity index (χ2n) is 6.62. The molecule has 0 aliphatic carbocycles. The first-order valence-electron chi connectivity index (χ1n) is 8.35. The molecule has 3 rings (SSSR count). The number of nitrogens with zero attached hydrogens (tertiary/aromatic N) is 1. The number of benzene rings is 1. The molecule has 1 aromatic carbocycles. The standard InChI is InChI=1S/C18H26N2O2/c1-13-5-6-16(10-14(13)2)20-8-7-15(12-20)11-19-18(21)17-4-3-9-22-17/h5-6,10,15,17H,3-4,7-9,11-12H2,1-2H3,(H,19,21). The summed E-state index contributed by atoms with van der Waals surface area (Å²) in [6.45, 7) is 7.89. The van der Waals surface area contributed by atoms with E-state index in [9.17, 15) is 4.79 Å². The average molecular weight is 302 g/mol. The molecular formula is C18H26N2O2. The Balaban J connectivity index is 1.49. The second kappa shape index (κ2) is 6.69. The van der Waals surface area contributed by atoms with E-state index >= 15 is 0 Å². The van der Waals surface area contributed by atoms with Gasteiger partial charge in [0.1, 0.15) is 6.10 Å². The molecule has 2 unspecified atom stereocenters. The van der Waals surface area contributed by atoms with Crippen molar-refractivity contribution in [2.75, 3.05) is 31.1 Å². The fourth-order valence-electron chi connectivity index (χ4n) is 3.30. The lowest BCUT2D eigenvalue weighted by Gasteiger charge is -2.20. The lowest BCUT2D eigenvalue weighted by molar-refractivity contribution is -0.130. The van der Waals surface area contributed by atoms with Crippen LogP contribution in [0.5, 0.6) is 0 Å². The summed E-state index contributed by atoms with van der Waals surface area (Å²) in [6.07, 6.45) is 2.80. The molecule has 2 heterocycles. The zero-order valence-corrected chi connectivity index (χ0v) is 13.6. The third-order valence-corrected chi connectivity index (χ3v) is 4.93. The van der Waals surface area contributed by atoms with Gasteiger partial charge in [0.2, 0.25) is 5.91 Å². The van der Waals surface area contributed by atoms with Crippen LogP contribution >= 0.6 is 0 Å². The highest BCUT2D eigenvalue weighted by Gasteiger charge is 2.26. The lowest BCUT2D eigenvalue weighted by Crippen LogP contribution is -2.37. The molecule has 2 saturated heterocycles. The number of hydrogen-bond acceptors (Lipinski definition) is 3. The lowest BCUT2D eigenvalue weighted by atomic mass is 10.1. The van der Waals surface area contributed by atoms with Crippen molar-refractivity contribution in [2.24, 2.45) is 5.92 Å². The van der Waals surface area contributed by atoms with E-state index in [-0.39, 0.29) is 12.0 Å². The highest BCUT2D eigenvalue weighted by molar-refractivity contribution is 5.80. The highest BCUT2D eigenvalue weighted by atomic mass is 16.5. The van der Waals surface area contributed by atoms with Gasteiger partial charge in [0.25, 0.3) is 0 Å². The van der Waals surface area contributed by atoms with Crippen LogP contribution in [0.3, 0.4) is 0 Å². The van der Waals surface area contributed by atoms with E-state index in [1.165, 1.54) is 16.8 Å². The fraction of sp³-hybridized carbons (Fsp3) is 0.611. The van der Waals surface area contributed by atoms with Gasteiger partial charge in [-0.2, -0.15) is 0 Å². The maximum atomic E-state index is 12.0. The average Bonchev–Trinajstić information content (AvgIpc) is 3.19. The zero-order valence-electron chi connectivity index (χ0n) is 13.6. The summed E-state index contributed by atoms with van der Waals surface area (Å²) in [5.74, 6) is 0.606. The Bertz CT molecular complexity index is 538. The first kappa shape index (κ1) is 15.3. The van der Waals surface area contributed by atoms with Crippen molar-refractivity contribution in [3.8, 4) is 0 Å². The minimum atomic E-state index is -0.211. The zero-order chi connectivity index (χ0) is 15.5. The van der Waals surface area contributed by atoms with Crippen molar-refractivity contribution < 1.29 is 9.53 Å². The smallest absolute Gasteiger partial charge is 0.249 e. The van der Waals surface area contributed by atoms with E-state index in [2.05, 4.69) is 42.3 Å². The summed E-state index contributed by atoms with van der Waals surface area (Å²) in [5.41, 5.74) is 3.98. The Morgan fingerprint density at radius 1 is 1.32 bits per heavy atom. The summed E-state index contributed by atoms with van der Waals surface area (Å²) in [6, 6.07) is 6.66. The molecule has 0 radical (unpaired) electrons. The number of ether oxygens (including phenoxy) is 1. The van der Waals surface area contributed by atoms with Crippen LogP contribution in [0.25, 0.3) is 0 Å². The maximum absolute atomic E-state index is 12.0. The Labute approximate surface area is 132 Å². The molecule has 22 heavy (non-hydrogen) atoms. The maximum Gasteiger partial charge on any atom is 0.249 e. The van der Waals surface area contributed by atoms with E-state index in [0.717, 1.165) is 45.5 Å². The van der Waals surface area contributed by atoms with E-state index < -0.39 is 0 Å². The first-order chi connectivity index (χ1) is 10.6. The quantitative estimate of drug-likeness (QED) is 0.929. The van der Waals surface area contributed by atoms with Crippen LogP contribution < -0.4 is 10.2 Å². The topological polar surface area (TPSA) is 41.6 Å². The minimum Gasteiger partial charge on any atom is -0.371 e. The van der Waals surface area contributed by atoms with Crippen molar-refractivity contribution in [1.82, 2.24) is 5.32 Å². The van der Waals surface area contributed by atoms with Crippen LogP contribution in [0.15, 0.2) is 18.2 Å². The van der Waals surface area contributed by atoms with Gasteiger partial charge in [-0.15, -0.1) is 0 Å². The summed E-state index contributed by atoms with van der Waals surface area (Å²) >= 11 is 0. The molecule has 0 spiro atoms. The van der Waals surface area contributed by atoms with E-state index in [1.807, 2.05) is 0 Å². The number of hydrogen-bond donors (Lipinski definition) is 1. The van der Waals surface area contributed by atoms with E-state index in [0.29, 0.717) is 5.92 Å². The van der Waals surface area contributed by atoms with Gasteiger partial charge in [-0.1, -0.05) is 6.07 Å². The normalized spacial score (nSPS) is 24.7. The van der Waals surface area contributed by atoms with Crippen LogP contribution in [-0.2, 0) is 9.53 Å². The van der Waals surface area contributed by atoms with Crippen molar-refractivity contribution in [1.29, 1.82) is 0 Å². The number of rotatable bonds is 4. The second-order valence-corrected chi connectivity index (χ2v) is 6.62. The molecule has 4 nitrogen and oxygen atoms in total. The monoisotopic (exact) mass is 302 g/mol. The first-order valence-corrected chi connectivity index (χ1v) is 8.35. The Hall–Kier alpha value is -1.55. The van der Waals surface area contributed by atoms with Gasteiger partial charge in [-0.3, -0.25) is 4.79 Å². The molecule has 0 aromatic heterocycles. The molecule has 0 bridgehead atoms. The Kier molecular flexibility index (Phi) is 4.67. The van der Waals surface area contributed by atoms with Crippen LogP contribution in [0.1, 0.15) is 30.4 Å². The molecule has 2 fully saturated rings. The van der Waals surface area contributed by atoms with Gasteiger partial charge < -0.3 is 15.0 Å². The third kappa shape index (κ3) is 3.43. The van der Waals surface area contributed by atoms with Crippen LogP contribution in [-0.4, -0.2) is 38.3 Å². The molecular weight excluding hydrogens is 276 g/mol. The molecule has 1 N–H and O–H groups in total. The number of carbonyl (C=O) groups is 1. The third-order valence-electron chi connectivity index (χ3n) is 4.93. The fourth-order valence-corrected chi connectivity index (χ4v) is 3.30. The minimum absolute atomic E-state index is 0.0714. The van der Waals surface area contributed by atoms with Gasteiger partial charge in [0, 0.05) is 31.9 Å². The van der Waals surface area contributed by atoms with Crippen LogP contribution in [0.2, 0.25) is 0 Å². The Morgan fingerprint density at radius 3 is 2.91 bits per heavy atom. The highest BCUT2D eigenvalue weighted by Crippen LogP contribution is 2.25. The molecule has 120 valence electrons. The van der Waals surface area contributed by atoms with Crippen LogP contribution in [0, 0.1) is 19.8 Å². The number of nitrogens with one attached hydrogen (secondary N) is 1. The van der Waals surface area contributed by atoms with Gasteiger partial charge in [0.15, 0.2) is 0 Å². The van der Waals surface area contributed by atoms with E-state index in [1.54, 1.807) is 0 Å². The predicted molar refractivity (Wildman–Crippen MR) is 88.2 cm³/mol. The summed E-state index contributed by atoms with van der Waals surface area (Å²) in [4.78, 5) is 14.4. The number of aryl methyl sites for hydroxylation is 2. The molecule has 1 amide bonds.